The van der Waals surface area contributed by atoms with Crippen molar-refractivity contribution in [2.75, 3.05) is 6.54 Å². The molecule has 1 atom stereocenters. The third-order valence-electron chi connectivity index (χ3n) is 6.78. The van der Waals surface area contributed by atoms with Crippen LogP contribution in [0, 0.1) is 12.7 Å². The highest BCUT2D eigenvalue weighted by atomic mass is 19.1. The lowest BCUT2D eigenvalue weighted by molar-refractivity contribution is -0.139. The SMILES string of the molecule is Cc1cc(/C(O)=C2/C(=O)C(=O)N(CCc3ccc(F)cc3)C2c2cccnc2)ccc1OCc1ccccc1. The number of likely N-dealkylation sites (tertiary alicyclic amines) is 1. The van der Waals surface area contributed by atoms with E-state index in [1.807, 2.05) is 37.3 Å². The van der Waals surface area contributed by atoms with Gasteiger partial charge in [-0.15, -0.1) is 0 Å². The smallest absolute Gasteiger partial charge is 0.295 e. The number of ether oxygens (including phenoxy) is 1. The van der Waals surface area contributed by atoms with Crippen LogP contribution < -0.4 is 4.74 Å². The molecule has 0 aliphatic carbocycles. The van der Waals surface area contributed by atoms with Gasteiger partial charge in [-0.05, 0) is 72.0 Å². The molecular weight excluding hydrogens is 495 g/mol. The molecular formula is C32H27FN2O4. The molecule has 5 rings (SSSR count). The Morgan fingerprint density at radius 3 is 2.44 bits per heavy atom. The number of aliphatic hydroxyl groups excluding tert-OH is 1. The number of Topliss-reactive ketones (excluding diaryl/α,β-unsaturated/α-hetero) is 1. The number of aliphatic hydroxyl groups is 1. The highest BCUT2D eigenvalue weighted by Crippen LogP contribution is 2.39. The summed E-state index contributed by atoms with van der Waals surface area (Å²) in [6.45, 7) is 2.46. The van der Waals surface area contributed by atoms with Crippen LogP contribution in [-0.2, 0) is 22.6 Å². The molecule has 1 fully saturated rings. The number of carbonyl (C=O) groups is 2. The van der Waals surface area contributed by atoms with Crippen molar-refractivity contribution in [3.63, 3.8) is 0 Å². The average molecular weight is 523 g/mol. The standard InChI is InChI=1S/C32H27FN2O4/c1-21-18-24(11-14-27(21)39-20-23-6-3-2-4-7-23)30(36)28-29(25-8-5-16-34-19-25)35(32(38)31(28)37)17-15-22-9-12-26(33)13-10-22/h2-14,16,18-19,29,36H,15,17,20H2,1H3/b30-28-. The molecule has 39 heavy (non-hydrogen) atoms. The van der Waals surface area contributed by atoms with Crippen LogP contribution in [0.25, 0.3) is 5.76 Å². The first kappa shape index (κ1) is 25.9. The predicted molar refractivity (Wildman–Crippen MR) is 145 cm³/mol. The monoisotopic (exact) mass is 522 g/mol. The van der Waals surface area contributed by atoms with E-state index in [4.69, 9.17) is 4.74 Å². The second-order valence-corrected chi connectivity index (χ2v) is 9.41. The van der Waals surface area contributed by atoms with E-state index in [-0.39, 0.29) is 23.7 Å². The Labute approximate surface area is 226 Å². The van der Waals surface area contributed by atoms with Crippen LogP contribution in [0.1, 0.15) is 33.9 Å². The molecule has 1 aromatic heterocycles. The molecule has 1 unspecified atom stereocenters. The number of aromatic nitrogens is 1. The first-order valence-electron chi connectivity index (χ1n) is 12.6. The van der Waals surface area contributed by atoms with Crippen molar-refractivity contribution >= 4 is 17.4 Å². The van der Waals surface area contributed by atoms with Crippen molar-refractivity contribution in [2.45, 2.75) is 26.0 Å². The van der Waals surface area contributed by atoms with Gasteiger partial charge in [0, 0.05) is 24.5 Å². The third-order valence-corrected chi connectivity index (χ3v) is 6.78. The van der Waals surface area contributed by atoms with Crippen LogP contribution in [0.5, 0.6) is 5.75 Å². The number of ketones is 1. The fraction of sp³-hybridized carbons (Fsp3) is 0.156. The number of amides is 1. The summed E-state index contributed by atoms with van der Waals surface area (Å²) in [5.41, 5.74) is 3.65. The molecule has 0 spiro atoms. The molecule has 1 N–H and O–H groups in total. The van der Waals surface area contributed by atoms with Crippen LogP contribution in [-0.4, -0.2) is 33.2 Å². The fourth-order valence-corrected chi connectivity index (χ4v) is 4.75. The Bertz CT molecular complexity index is 1520. The van der Waals surface area contributed by atoms with E-state index in [9.17, 15) is 19.1 Å². The summed E-state index contributed by atoms with van der Waals surface area (Å²) >= 11 is 0. The Balaban J connectivity index is 1.46. The minimum atomic E-state index is -0.812. The normalized spacial score (nSPS) is 16.5. The van der Waals surface area contributed by atoms with Crippen LogP contribution in [0.15, 0.2) is 103 Å². The molecule has 3 aromatic carbocycles. The topological polar surface area (TPSA) is 79.7 Å². The van der Waals surface area contributed by atoms with Crippen LogP contribution in [0.2, 0.25) is 0 Å². The maximum Gasteiger partial charge on any atom is 0.295 e. The van der Waals surface area contributed by atoms with Crippen molar-refractivity contribution in [1.82, 2.24) is 9.88 Å². The molecule has 1 aliphatic rings. The van der Waals surface area contributed by atoms with Gasteiger partial charge in [-0.2, -0.15) is 0 Å². The van der Waals surface area contributed by atoms with Crippen molar-refractivity contribution in [2.24, 2.45) is 0 Å². The molecule has 6 nitrogen and oxygen atoms in total. The molecule has 0 radical (unpaired) electrons. The third kappa shape index (κ3) is 5.57. The van der Waals surface area contributed by atoms with E-state index >= 15 is 0 Å². The summed E-state index contributed by atoms with van der Waals surface area (Å²) < 4.78 is 19.3. The number of rotatable bonds is 8. The van der Waals surface area contributed by atoms with Crippen LogP contribution in [0.3, 0.4) is 0 Å². The zero-order valence-electron chi connectivity index (χ0n) is 21.4. The summed E-state index contributed by atoms with van der Waals surface area (Å²) in [6, 6.07) is 23.6. The minimum absolute atomic E-state index is 0.00413. The quantitative estimate of drug-likeness (QED) is 0.181. The van der Waals surface area contributed by atoms with Gasteiger partial charge in [0.05, 0.1) is 11.6 Å². The van der Waals surface area contributed by atoms with E-state index in [0.717, 1.165) is 16.7 Å². The van der Waals surface area contributed by atoms with Crippen LogP contribution >= 0.6 is 0 Å². The number of hydrogen-bond donors (Lipinski definition) is 1. The van der Waals surface area contributed by atoms with Gasteiger partial charge in [0.15, 0.2) is 0 Å². The largest absolute Gasteiger partial charge is 0.507 e. The highest BCUT2D eigenvalue weighted by molar-refractivity contribution is 6.46. The lowest BCUT2D eigenvalue weighted by Gasteiger charge is -2.25. The summed E-state index contributed by atoms with van der Waals surface area (Å²) in [5, 5.41) is 11.4. The Kier molecular flexibility index (Phi) is 7.50. The second kappa shape index (κ2) is 11.3. The molecule has 4 aromatic rings. The summed E-state index contributed by atoms with van der Waals surface area (Å²) in [7, 11) is 0. The first-order valence-corrected chi connectivity index (χ1v) is 12.6. The number of carbonyl (C=O) groups excluding carboxylic acids is 2. The van der Waals surface area contributed by atoms with E-state index in [1.165, 1.54) is 17.0 Å². The lowest BCUT2D eigenvalue weighted by atomic mass is 9.95. The number of hydrogen-bond acceptors (Lipinski definition) is 5. The second-order valence-electron chi connectivity index (χ2n) is 9.41. The number of aryl methyl sites for hydroxylation is 1. The van der Waals surface area contributed by atoms with Gasteiger partial charge in [0.1, 0.15) is 23.9 Å². The van der Waals surface area contributed by atoms with Gasteiger partial charge in [-0.25, -0.2) is 4.39 Å². The number of halogens is 1. The van der Waals surface area contributed by atoms with Crippen molar-refractivity contribution in [3.8, 4) is 5.75 Å². The molecule has 7 heteroatoms. The van der Waals surface area contributed by atoms with E-state index < -0.39 is 17.7 Å². The van der Waals surface area contributed by atoms with Crippen LogP contribution in [0.4, 0.5) is 4.39 Å². The number of benzene rings is 3. The van der Waals surface area contributed by atoms with Gasteiger partial charge >= 0.3 is 0 Å². The summed E-state index contributed by atoms with van der Waals surface area (Å²) in [4.78, 5) is 32.1. The molecule has 1 amide bonds. The molecule has 0 saturated carbocycles. The Morgan fingerprint density at radius 1 is 0.974 bits per heavy atom. The highest BCUT2D eigenvalue weighted by Gasteiger charge is 2.46. The molecule has 1 aliphatic heterocycles. The average Bonchev–Trinajstić information content (AvgIpc) is 3.22. The van der Waals surface area contributed by atoms with Crippen molar-refractivity contribution < 1.29 is 23.8 Å². The van der Waals surface area contributed by atoms with Gasteiger partial charge in [-0.1, -0.05) is 48.5 Å². The van der Waals surface area contributed by atoms with E-state index in [0.29, 0.717) is 29.9 Å². The number of nitrogens with zero attached hydrogens (tertiary/aromatic N) is 2. The maximum atomic E-state index is 13.3. The Morgan fingerprint density at radius 2 is 1.74 bits per heavy atom. The molecule has 196 valence electrons. The minimum Gasteiger partial charge on any atom is -0.507 e. The molecule has 2 heterocycles. The zero-order chi connectivity index (χ0) is 27.4. The fourth-order valence-electron chi connectivity index (χ4n) is 4.75. The summed E-state index contributed by atoms with van der Waals surface area (Å²) in [6.07, 6.45) is 3.60. The molecule has 1 saturated heterocycles. The van der Waals surface area contributed by atoms with Crippen molar-refractivity contribution in [1.29, 1.82) is 0 Å². The van der Waals surface area contributed by atoms with Gasteiger partial charge in [0.25, 0.3) is 11.7 Å². The van der Waals surface area contributed by atoms with E-state index in [2.05, 4.69) is 4.98 Å². The molecule has 0 bridgehead atoms. The number of pyridine rings is 1. The Hall–Kier alpha value is -4.78. The summed E-state index contributed by atoms with van der Waals surface area (Å²) in [5.74, 6) is -1.42. The van der Waals surface area contributed by atoms with Gasteiger partial charge in [-0.3, -0.25) is 14.6 Å². The van der Waals surface area contributed by atoms with Crippen molar-refractivity contribution in [3.05, 3.63) is 137 Å². The predicted octanol–water partition coefficient (Wildman–Crippen LogP) is 5.77. The lowest BCUT2D eigenvalue weighted by Crippen LogP contribution is -2.31. The van der Waals surface area contributed by atoms with Gasteiger partial charge < -0.3 is 14.7 Å². The van der Waals surface area contributed by atoms with E-state index in [1.54, 1.807) is 54.9 Å². The van der Waals surface area contributed by atoms with Gasteiger partial charge in [0.2, 0.25) is 0 Å². The maximum absolute atomic E-state index is 13.3. The first-order chi connectivity index (χ1) is 18.9. The zero-order valence-corrected chi connectivity index (χ0v) is 21.4.